The fourth-order valence-electron chi connectivity index (χ4n) is 1.25. The summed E-state index contributed by atoms with van der Waals surface area (Å²) in [6.45, 7) is 3.95. The van der Waals surface area contributed by atoms with Gasteiger partial charge in [0.2, 0.25) is 0 Å². The van der Waals surface area contributed by atoms with Crippen molar-refractivity contribution in [1.82, 2.24) is 0 Å². The molecule has 0 radical (unpaired) electrons. The van der Waals surface area contributed by atoms with Gasteiger partial charge in [0.1, 0.15) is 0 Å². The second kappa shape index (κ2) is 4.61. The van der Waals surface area contributed by atoms with Gasteiger partial charge in [0.05, 0.1) is 6.42 Å². The van der Waals surface area contributed by atoms with Crippen LogP contribution in [0.5, 0.6) is 0 Å². The zero-order valence-electron chi connectivity index (χ0n) is 8.45. The molecule has 1 aromatic rings. The van der Waals surface area contributed by atoms with Gasteiger partial charge in [-0.1, -0.05) is 35.9 Å². The Morgan fingerprint density at radius 3 is 2.79 bits per heavy atom. The van der Waals surface area contributed by atoms with E-state index in [1.54, 1.807) is 6.08 Å². The Labute approximate surface area is 83.9 Å². The highest BCUT2D eigenvalue weighted by molar-refractivity contribution is 5.73. The van der Waals surface area contributed by atoms with Crippen molar-refractivity contribution in [2.45, 2.75) is 20.3 Å². The molecule has 1 rings (SSSR count). The minimum absolute atomic E-state index is 0.0831. The van der Waals surface area contributed by atoms with Crippen molar-refractivity contribution >= 4 is 11.5 Å². The van der Waals surface area contributed by atoms with Crippen LogP contribution in [0.15, 0.2) is 30.3 Å². The molecule has 0 saturated heterocycles. The Balaban J connectivity index is 2.83. The minimum atomic E-state index is -0.794. The number of carbonyl (C=O) groups is 1. The van der Waals surface area contributed by atoms with Gasteiger partial charge < -0.3 is 5.11 Å². The predicted octanol–water partition coefficient (Wildman–Crippen LogP) is 2.87. The fourth-order valence-corrected chi connectivity index (χ4v) is 1.25. The molecule has 0 aliphatic carbocycles. The number of aryl methyl sites for hydroxylation is 1. The minimum Gasteiger partial charge on any atom is -0.481 e. The molecule has 0 aromatic heterocycles. The number of allylic oxidation sites excluding steroid dienone is 1. The number of aliphatic carboxylic acids is 1. The average molecular weight is 190 g/mol. The molecule has 0 atom stereocenters. The third kappa shape index (κ3) is 3.05. The Kier molecular flexibility index (Phi) is 3.46. The lowest BCUT2D eigenvalue weighted by Gasteiger charge is -2.01. The highest BCUT2D eigenvalue weighted by atomic mass is 16.4. The quantitative estimate of drug-likeness (QED) is 0.795. The normalized spacial score (nSPS) is 11.4. The van der Waals surface area contributed by atoms with Crippen LogP contribution in [0, 0.1) is 6.92 Å². The van der Waals surface area contributed by atoms with Crippen LogP contribution < -0.4 is 0 Å². The first-order valence-corrected chi connectivity index (χ1v) is 4.55. The van der Waals surface area contributed by atoms with Crippen LogP contribution in [-0.2, 0) is 4.79 Å². The zero-order valence-corrected chi connectivity index (χ0v) is 8.45. The van der Waals surface area contributed by atoms with E-state index in [1.807, 2.05) is 38.1 Å². The molecule has 0 saturated carbocycles. The number of hydrogen-bond donors (Lipinski definition) is 1. The van der Waals surface area contributed by atoms with Crippen molar-refractivity contribution in [1.29, 1.82) is 0 Å². The van der Waals surface area contributed by atoms with Gasteiger partial charge in [-0.3, -0.25) is 4.79 Å². The largest absolute Gasteiger partial charge is 0.481 e. The molecular formula is C12H14O2. The summed E-state index contributed by atoms with van der Waals surface area (Å²) in [5, 5.41) is 8.52. The maximum Gasteiger partial charge on any atom is 0.307 e. The molecule has 1 aromatic carbocycles. The van der Waals surface area contributed by atoms with Crippen molar-refractivity contribution in [3.05, 3.63) is 41.5 Å². The SMILES string of the molecule is C/C(=C/CC(=O)O)c1cccc(C)c1. The van der Waals surface area contributed by atoms with Crippen molar-refractivity contribution in [2.75, 3.05) is 0 Å². The second-order valence-corrected chi connectivity index (χ2v) is 3.35. The van der Waals surface area contributed by atoms with Gasteiger partial charge in [0, 0.05) is 0 Å². The van der Waals surface area contributed by atoms with Crippen molar-refractivity contribution < 1.29 is 9.90 Å². The van der Waals surface area contributed by atoms with Crippen molar-refractivity contribution in [3.8, 4) is 0 Å². The number of hydrogen-bond acceptors (Lipinski definition) is 1. The van der Waals surface area contributed by atoms with E-state index < -0.39 is 5.97 Å². The summed E-state index contributed by atoms with van der Waals surface area (Å²) >= 11 is 0. The molecule has 74 valence electrons. The van der Waals surface area contributed by atoms with E-state index in [4.69, 9.17) is 5.11 Å². The highest BCUT2D eigenvalue weighted by Crippen LogP contribution is 2.15. The molecule has 0 heterocycles. The van der Waals surface area contributed by atoms with E-state index in [0.717, 1.165) is 11.1 Å². The standard InChI is InChI=1S/C12H14O2/c1-9-4-3-5-11(8-9)10(2)6-7-12(13)14/h3-6,8H,7H2,1-2H3,(H,13,14)/b10-6-. The smallest absolute Gasteiger partial charge is 0.307 e. The lowest BCUT2D eigenvalue weighted by Crippen LogP contribution is -1.91. The Morgan fingerprint density at radius 2 is 2.21 bits per heavy atom. The lowest BCUT2D eigenvalue weighted by molar-refractivity contribution is -0.135. The Morgan fingerprint density at radius 1 is 1.50 bits per heavy atom. The third-order valence-electron chi connectivity index (χ3n) is 2.06. The van der Waals surface area contributed by atoms with E-state index in [9.17, 15) is 4.79 Å². The fraction of sp³-hybridized carbons (Fsp3) is 0.250. The molecule has 0 aliphatic rings. The summed E-state index contributed by atoms with van der Waals surface area (Å²) in [5.41, 5.74) is 3.29. The first kappa shape index (κ1) is 10.5. The van der Waals surface area contributed by atoms with Gasteiger partial charge in [-0.2, -0.15) is 0 Å². The average Bonchev–Trinajstić information content (AvgIpc) is 2.14. The number of benzene rings is 1. The van der Waals surface area contributed by atoms with Gasteiger partial charge in [-0.25, -0.2) is 0 Å². The van der Waals surface area contributed by atoms with E-state index in [-0.39, 0.29) is 6.42 Å². The van der Waals surface area contributed by atoms with Crippen LogP contribution in [0.4, 0.5) is 0 Å². The van der Waals surface area contributed by atoms with Crippen molar-refractivity contribution in [3.63, 3.8) is 0 Å². The lowest BCUT2D eigenvalue weighted by atomic mass is 10.0. The van der Waals surface area contributed by atoms with E-state index in [2.05, 4.69) is 0 Å². The summed E-state index contributed by atoms with van der Waals surface area (Å²) < 4.78 is 0. The number of carboxylic acid groups (broad SMARTS) is 1. The third-order valence-corrected chi connectivity index (χ3v) is 2.06. The molecule has 2 nitrogen and oxygen atoms in total. The van der Waals surface area contributed by atoms with Crippen LogP contribution in [0.25, 0.3) is 5.57 Å². The second-order valence-electron chi connectivity index (χ2n) is 3.35. The summed E-state index contributed by atoms with van der Waals surface area (Å²) in [4.78, 5) is 10.4. The van der Waals surface area contributed by atoms with Crippen LogP contribution in [-0.4, -0.2) is 11.1 Å². The molecule has 0 fully saturated rings. The van der Waals surface area contributed by atoms with Gasteiger partial charge in [-0.15, -0.1) is 0 Å². The topological polar surface area (TPSA) is 37.3 Å². The monoisotopic (exact) mass is 190 g/mol. The molecule has 1 N–H and O–H groups in total. The zero-order chi connectivity index (χ0) is 10.6. The van der Waals surface area contributed by atoms with Crippen LogP contribution >= 0.6 is 0 Å². The Bertz CT molecular complexity index is 364. The van der Waals surface area contributed by atoms with Crippen LogP contribution in [0.3, 0.4) is 0 Å². The Hall–Kier alpha value is -1.57. The van der Waals surface area contributed by atoms with Crippen LogP contribution in [0.1, 0.15) is 24.5 Å². The molecule has 0 spiro atoms. The summed E-state index contributed by atoms with van der Waals surface area (Å²) in [7, 11) is 0. The van der Waals surface area contributed by atoms with Gasteiger partial charge in [-0.05, 0) is 25.0 Å². The van der Waals surface area contributed by atoms with E-state index in [0.29, 0.717) is 0 Å². The van der Waals surface area contributed by atoms with Gasteiger partial charge in [0.15, 0.2) is 0 Å². The first-order valence-electron chi connectivity index (χ1n) is 4.55. The highest BCUT2D eigenvalue weighted by Gasteiger charge is 1.97. The number of rotatable bonds is 3. The van der Waals surface area contributed by atoms with E-state index >= 15 is 0 Å². The predicted molar refractivity (Wildman–Crippen MR) is 57.1 cm³/mol. The van der Waals surface area contributed by atoms with Crippen LogP contribution in [0.2, 0.25) is 0 Å². The first-order chi connectivity index (χ1) is 6.59. The summed E-state index contributed by atoms with van der Waals surface area (Å²) in [6, 6.07) is 8.03. The number of carboxylic acids is 1. The summed E-state index contributed by atoms with van der Waals surface area (Å²) in [5.74, 6) is -0.794. The molecular weight excluding hydrogens is 176 g/mol. The maximum absolute atomic E-state index is 10.4. The van der Waals surface area contributed by atoms with E-state index in [1.165, 1.54) is 5.56 Å². The maximum atomic E-state index is 10.4. The molecule has 2 heteroatoms. The molecule has 0 unspecified atom stereocenters. The van der Waals surface area contributed by atoms with Gasteiger partial charge in [0.25, 0.3) is 0 Å². The molecule has 0 amide bonds. The van der Waals surface area contributed by atoms with Crippen molar-refractivity contribution in [2.24, 2.45) is 0 Å². The molecule has 0 aliphatic heterocycles. The molecule has 14 heavy (non-hydrogen) atoms. The van der Waals surface area contributed by atoms with Gasteiger partial charge >= 0.3 is 5.97 Å². The summed E-state index contributed by atoms with van der Waals surface area (Å²) in [6.07, 6.45) is 1.82. The molecule has 0 bridgehead atoms.